The summed E-state index contributed by atoms with van der Waals surface area (Å²) in [7, 11) is 1.64. The monoisotopic (exact) mass is 273 g/mol. The molecule has 19 heavy (non-hydrogen) atoms. The van der Waals surface area contributed by atoms with E-state index in [1.54, 1.807) is 13.4 Å². The molecule has 0 bridgehead atoms. The highest BCUT2D eigenvalue weighted by atomic mass is 32.2. The number of anilines is 1. The van der Waals surface area contributed by atoms with Crippen LogP contribution in [0.1, 0.15) is 0 Å². The molecule has 0 amide bonds. The standard InChI is InChI=1S/C12H11N5OS/c1-18-7-2-4-8(5-3-7)19-11-9-10(15-6-14-9)16-12(13)17-11/h2-6H,1H3,(H3,13,14,15,16,17). The Morgan fingerprint density at radius 2 is 2.00 bits per heavy atom. The van der Waals surface area contributed by atoms with E-state index in [1.165, 1.54) is 11.8 Å². The third-order valence-corrected chi connectivity index (χ3v) is 3.54. The van der Waals surface area contributed by atoms with Gasteiger partial charge in [0.05, 0.1) is 13.4 Å². The average molecular weight is 273 g/mol. The molecule has 0 aliphatic carbocycles. The number of aromatic amines is 1. The van der Waals surface area contributed by atoms with Crippen LogP contribution in [0.4, 0.5) is 5.95 Å². The van der Waals surface area contributed by atoms with Crippen molar-refractivity contribution >= 4 is 28.9 Å². The summed E-state index contributed by atoms with van der Waals surface area (Å²) in [6.45, 7) is 0. The quantitative estimate of drug-likeness (QED) is 0.710. The van der Waals surface area contributed by atoms with Crippen molar-refractivity contribution in [1.82, 2.24) is 19.9 Å². The maximum Gasteiger partial charge on any atom is 0.223 e. The molecular weight excluding hydrogens is 262 g/mol. The number of hydrogen-bond acceptors (Lipinski definition) is 6. The zero-order valence-electron chi connectivity index (χ0n) is 10.1. The van der Waals surface area contributed by atoms with Gasteiger partial charge in [0.15, 0.2) is 5.65 Å². The maximum absolute atomic E-state index is 5.67. The van der Waals surface area contributed by atoms with Crippen molar-refractivity contribution in [3.63, 3.8) is 0 Å². The van der Waals surface area contributed by atoms with Gasteiger partial charge in [-0.15, -0.1) is 0 Å². The first-order valence-corrected chi connectivity index (χ1v) is 6.36. The smallest absolute Gasteiger partial charge is 0.223 e. The van der Waals surface area contributed by atoms with Gasteiger partial charge in [0.2, 0.25) is 5.95 Å². The Morgan fingerprint density at radius 1 is 1.21 bits per heavy atom. The van der Waals surface area contributed by atoms with Crippen LogP contribution in [0.3, 0.4) is 0 Å². The van der Waals surface area contributed by atoms with Gasteiger partial charge in [-0.3, -0.25) is 0 Å². The summed E-state index contributed by atoms with van der Waals surface area (Å²) in [4.78, 5) is 16.4. The second-order valence-corrected chi connectivity index (χ2v) is 4.83. The number of nitrogen functional groups attached to an aromatic ring is 1. The molecule has 0 radical (unpaired) electrons. The van der Waals surface area contributed by atoms with Gasteiger partial charge >= 0.3 is 0 Å². The summed E-state index contributed by atoms with van der Waals surface area (Å²) in [5.41, 5.74) is 7.03. The van der Waals surface area contributed by atoms with E-state index in [1.807, 2.05) is 24.3 Å². The van der Waals surface area contributed by atoms with Gasteiger partial charge in [-0.1, -0.05) is 11.8 Å². The van der Waals surface area contributed by atoms with Gasteiger partial charge in [-0.2, -0.15) is 4.98 Å². The van der Waals surface area contributed by atoms with Gasteiger partial charge in [0, 0.05) is 4.90 Å². The van der Waals surface area contributed by atoms with Crippen molar-refractivity contribution in [2.75, 3.05) is 12.8 Å². The van der Waals surface area contributed by atoms with Crippen LogP contribution in [-0.4, -0.2) is 27.0 Å². The van der Waals surface area contributed by atoms with Gasteiger partial charge in [0.25, 0.3) is 0 Å². The highest BCUT2D eigenvalue weighted by Gasteiger charge is 2.10. The molecule has 96 valence electrons. The highest BCUT2D eigenvalue weighted by molar-refractivity contribution is 7.99. The molecule has 0 saturated heterocycles. The molecule has 3 rings (SSSR count). The largest absolute Gasteiger partial charge is 0.497 e. The first-order valence-electron chi connectivity index (χ1n) is 5.55. The van der Waals surface area contributed by atoms with Crippen molar-refractivity contribution < 1.29 is 4.74 Å². The number of methoxy groups -OCH3 is 1. The molecule has 0 spiro atoms. The minimum atomic E-state index is 0.218. The van der Waals surface area contributed by atoms with Crippen molar-refractivity contribution in [1.29, 1.82) is 0 Å². The van der Waals surface area contributed by atoms with Crippen LogP contribution in [0.25, 0.3) is 11.2 Å². The number of fused-ring (bicyclic) bond motifs is 1. The number of benzene rings is 1. The van der Waals surface area contributed by atoms with Crippen LogP contribution in [0.15, 0.2) is 40.5 Å². The molecule has 2 heterocycles. The molecule has 2 aromatic heterocycles. The Hall–Kier alpha value is -2.28. The van der Waals surface area contributed by atoms with Crippen LogP contribution >= 0.6 is 11.8 Å². The van der Waals surface area contributed by atoms with E-state index >= 15 is 0 Å². The lowest BCUT2D eigenvalue weighted by Crippen LogP contribution is -1.96. The number of hydrogen-bond donors (Lipinski definition) is 2. The zero-order valence-corrected chi connectivity index (χ0v) is 10.9. The molecule has 0 saturated carbocycles. The number of rotatable bonds is 3. The lowest BCUT2D eigenvalue weighted by molar-refractivity contribution is 0.414. The minimum absolute atomic E-state index is 0.218. The van der Waals surface area contributed by atoms with Crippen LogP contribution in [0, 0.1) is 0 Å². The average Bonchev–Trinajstić information content (AvgIpc) is 2.88. The Kier molecular flexibility index (Phi) is 2.96. The Bertz CT molecular complexity index is 710. The van der Waals surface area contributed by atoms with Gasteiger partial charge in [0.1, 0.15) is 16.3 Å². The summed E-state index contributed by atoms with van der Waals surface area (Å²) < 4.78 is 5.13. The van der Waals surface area contributed by atoms with Gasteiger partial charge < -0.3 is 15.5 Å². The Labute approximate surface area is 113 Å². The second-order valence-electron chi connectivity index (χ2n) is 3.77. The number of imidazole rings is 1. The number of nitrogens with zero attached hydrogens (tertiary/aromatic N) is 3. The molecule has 3 N–H and O–H groups in total. The molecule has 0 aliphatic heterocycles. The Morgan fingerprint density at radius 3 is 2.74 bits per heavy atom. The first-order chi connectivity index (χ1) is 9.26. The van der Waals surface area contributed by atoms with E-state index in [2.05, 4.69) is 19.9 Å². The molecule has 0 aliphatic rings. The molecule has 0 fully saturated rings. The number of H-pyrrole nitrogens is 1. The van der Waals surface area contributed by atoms with Crippen LogP contribution in [-0.2, 0) is 0 Å². The molecule has 1 aromatic carbocycles. The maximum atomic E-state index is 5.67. The van der Waals surface area contributed by atoms with E-state index in [4.69, 9.17) is 10.5 Å². The summed E-state index contributed by atoms with van der Waals surface area (Å²) in [5.74, 6) is 1.04. The normalized spacial score (nSPS) is 10.8. The number of aromatic nitrogens is 4. The number of nitrogens with one attached hydrogen (secondary N) is 1. The van der Waals surface area contributed by atoms with E-state index in [0.29, 0.717) is 5.65 Å². The molecule has 3 aromatic rings. The predicted octanol–water partition coefficient (Wildman–Crippen LogP) is 2.09. The topological polar surface area (TPSA) is 89.7 Å². The van der Waals surface area contributed by atoms with Gasteiger partial charge in [-0.25, -0.2) is 9.97 Å². The van der Waals surface area contributed by atoms with Crippen molar-refractivity contribution in [3.8, 4) is 5.75 Å². The van der Waals surface area contributed by atoms with E-state index < -0.39 is 0 Å². The van der Waals surface area contributed by atoms with Crippen LogP contribution < -0.4 is 10.5 Å². The Balaban J connectivity index is 1.97. The fraction of sp³-hybridized carbons (Fsp3) is 0.0833. The fourth-order valence-electron chi connectivity index (χ4n) is 1.65. The SMILES string of the molecule is COc1ccc(Sc2nc(N)nc3nc[nH]c23)cc1. The molecule has 7 heteroatoms. The van der Waals surface area contributed by atoms with Crippen LogP contribution in [0.5, 0.6) is 5.75 Å². The van der Waals surface area contributed by atoms with Crippen molar-refractivity contribution in [2.24, 2.45) is 0 Å². The summed E-state index contributed by atoms with van der Waals surface area (Å²) in [6, 6.07) is 7.72. The van der Waals surface area contributed by atoms with E-state index in [-0.39, 0.29) is 5.95 Å². The third kappa shape index (κ3) is 2.32. The minimum Gasteiger partial charge on any atom is -0.497 e. The summed E-state index contributed by atoms with van der Waals surface area (Å²) in [6.07, 6.45) is 1.58. The second kappa shape index (κ2) is 4.77. The summed E-state index contributed by atoms with van der Waals surface area (Å²) >= 11 is 1.50. The van der Waals surface area contributed by atoms with Crippen LogP contribution in [0.2, 0.25) is 0 Å². The lowest BCUT2D eigenvalue weighted by Gasteiger charge is -2.04. The fourth-order valence-corrected chi connectivity index (χ4v) is 2.54. The first kappa shape index (κ1) is 11.8. The summed E-state index contributed by atoms with van der Waals surface area (Å²) in [5, 5.41) is 0.755. The van der Waals surface area contributed by atoms with E-state index in [0.717, 1.165) is 21.2 Å². The van der Waals surface area contributed by atoms with E-state index in [9.17, 15) is 0 Å². The highest BCUT2D eigenvalue weighted by Crippen LogP contribution is 2.31. The molecule has 6 nitrogen and oxygen atoms in total. The van der Waals surface area contributed by atoms with Crippen molar-refractivity contribution in [3.05, 3.63) is 30.6 Å². The zero-order chi connectivity index (χ0) is 13.2. The molecule has 0 atom stereocenters. The lowest BCUT2D eigenvalue weighted by atomic mass is 10.3. The molecule has 0 unspecified atom stereocenters. The number of nitrogens with two attached hydrogens (primary N) is 1. The molecular formula is C12H11N5OS. The number of ether oxygens (including phenoxy) is 1. The predicted molar refractivity (Wildman–Crippen MR) is 73.2 cm³/mol. The third-order valence-electron chi connectivity index (χ3n) is 2.54. The van der Waals surface area contributed by atoms with Gasteiger partial charge in [-0.05, 0) is 24.3 Å². The van der Waals surface area contributed by atoms with Crippen molar-refractivity contribution in [2.45, 2.75) is 9.92 Å².